The average molecular weight is 324 g/mol. The molecular formula is C15H24N4O4. The highest BCUT2D eigenvalue weighted by Gasteiger charge is 2.18. The second-order valence-electron chi connectivity index (χ2n) is 5.73. The second kappa shape index (κ2) is 8.09. The largest absolute Gasteiger partial charge is 0.492 e. The van der Waals surface area contributed by atoms with Crippen molar-refractivity contribution in [3.63, 3.8) is 0 Å². The zero-order chi connectivity index (χ0) is 16.8. The first-order valence-electron chi connectivity index (χ1n) is 7.68. The molecule has 1 aliphatic heterocycles. The number of hydrogen-bond donors (Lipinski definition) is 2. The van der Waals surface area contributed by atoms with E-state index in [1.54, 1.807) is 13.0 Å². The van der Waals surface area contributed by atoms with Crippen molar-refractivity contribution in [2.24, 2.45) is 0 Å². The van der Waals surface area contributed by atoms with E-state index in [-0.39, 0.29) is 18.8 Å². The molecule has 8 heteroatoms. The number of nitrogens with one attached hydrogen (secondary N) is 1. The summed E-state index contributed by atoms with van der Waals surface area (Å²) in [5.74, 6) is 0.628. The minimum absolute atomic E-state index is 0.00975. The lowest BCUT2D eigenvalue weighted by Gasteiger charge is -2.17. The number of nitrogens with zero attached hydrogens (tertiary/aromatic N) is 3. The van der Waals surface area contributed by atoms with Crippen LogP contribution in [0, 0.1) is 17.0 Å². The molecule has 0 unspecified atom stereocenters. The summed E-state index contributed by atoms with van der Waals surface area (Å²) >= 11 is 0. The summed E-state index contributed by atoms with van der Waals surface area (Å²) in [6.07, 6.45) is 0. The Bertz CT molecular complexity index is 553. The van der Waals surface area contributed by atoms with Gasteiger partial charge in [0.2, 0.25) is 0 Å². The summed E-state index contributed by atoms with van der Waals surface area (Å²) in [5, 5.41) is 22.9. The van der Waals surface area contributed by atoms with Crippen molar-refractivity contribution >= 4 is 11.4 Å². The van der Waals surface area contributed by atoms with Crippen molar-refractivity contribution < 1.29 is 14.8 Å². The molecule has 1 aliphatic rings. The summed E-state index contributed by atoms with van der Waals surface area (Å²) in [4.78, 5) is 15.2. The quantitative estimate of drug-likeness (QED) is 0.542. The van der Waals surface area contributed by atoms with Crippen LogP contribution >= 0.6 is 0 Å². The number of benzene rings is 1. The van der Waals surface area contributed by atoms with Gasteiger partial charge in [0.05, 0.1) is 18.2 Å². The van der Waals surface area contributed by atoms with Gasteiger partial charge in [-0.15, -0.1) is 0 Å². The molecule has 1 aromatic carbocycles. The molecule has 8 nitrogen and oxygen atoms in total. The normalized spacial score (nSPS) is 15.8. The van der Waals surface area contributed by atoms with Crippen LogP contribution < -0.4 is 10.1 Å². The van der Waals surface area contributed by atoms with E-state index in [1.165, 1.54) is 6.07 Å². The first-order valence-corrected chi connectivity index (χ1v) is 7.68. The molecule has 0 bridgehead atoms. The standard InChI is InChI=1S/C15H24N4O4/c1-12-9-14(19(21)22)13(16-3-7-20)10-15(12)23-8-6-18-5-4-17(2)11-18/h9-10,16,20H,3-8,11H2,1-2H3. The third-order valence-electron chi connectivity index (χ3n) is 3.82. The summed E-state index contributed by atoms with van der Waals surface area (Å²) in [6, 6.07) is 3.14. The maximum absolute atomic E-state index is 11.1. The van der Waals surface area contributed by atoms with E-state index >= 15 is 0 Å². The van der Waals surface area contributed by atoms with Gasteiger partial charge in [0.25, 0.3) is 5.69 Å². The highest BCUT2D eigenvalue weighted by Crippen LogP contribution is 2.32. The maximum Gasteiger partial charge on any atom is 0.292 e. The number of aliphatic hydroxyl groups is 1. The molecule has 0 amide bonds. The van der Waals surface area contributed by atoms with Crippen molar-refractivity contribution in [2.75, 3.05) is 58.4 Å². The van der Waals surface area contributed by atoms with Crippen LogP contribution in [0.4, 0.5) is 11.4 Å². The lowest BCUT2D eigenvalue weighted by atomic mass is 10.1. The van der Waals surface area contributed by atoms with E-state index < -0.39 is 4.92 Å². The Kier molecular flexibility index (Phi) is 6.14. The number of hydrogen-bond acceptors (Lipinski definition) is 7. The van der Waals surface area contributed by atoms with Crippen LogP contribution in [-0.4, -0.2) is 72.9 Å². The van der Waals surface area contributed by atoms with Crippen molar-refractivity contribution in [3.8, 4) is 5.75 Å². The first-order chi connectivity index (χ1) is 11.0. The highest BCUT2D eigenvalue weighted by atomic mass is 16.6. The Morgan fingerprint density at radius 3 is 2.83 bits per heavy atom. The molecule has 2 N–H and O–H groups in total. The predicted molar refractivity (Wildman–Crippen MR) is 88.0 cm³/mol. The van der Waals surface area contributed by atoms with E-state index in [2.05, 4.69) is 22.2 Å². The fourth-order valence-electron chi connectivity index (χ4n) is 2.57. The molecule has 0 radical (unpaired) electrons. The van der Waals surface area contributed by atoms with Gasteiger partial charge in [0.1, 0.15) is 18.0 Å². The Morgan fingerprint density at radius 2 is 2.22 bits per heavy atom. The van der Waals surface area contributed by atoms with Gasteiger partial charge in [0, 0.05) is 38.3 Å². The number of anilines is 1. The number of rotatable bonds is 8. The molecule has 0 atom stereocenters. The van der Waals surface area contributed by atoms with Crippen LogP contribution in [0.2, 0.25) is 0 Å². The molecule has 0 aromatic heterocycles. The number of nitro groups is 1. The van der Waals surface area contributed by atoms with Crippen LogP contribution in [-0.2, 0) is 0 Å². The molecule has 128 valence electrons. The Hall–Kier alpha value is -1.90. The predicted octanol–water partition coefficient (Wildman–Crippen LogP) is 0.891. The van der Waals surface area contributed by atoms with Gasteiger partial charge in [-0.25, -0.2) is 0 Å². The molecule has 0 saturated carbocycles. The molecule has 0 aliphatic carbocycles. The molecule has 1 aromatic rings. The molecule has 1 heterocycles. The molecule has 1 fully saturated rings. The van der Waals surface area contributed by atoms with Gasteiger partial charge >= 0.3 is 0 Å². The molecule has 0 spiro atoms. The van der Waals surface area contributed by atoms with Crippen molar-refractivity contribution in [1.29, 1.82) is 0 Å². The van der Waals surface area contributed by atoms with E-state index in [0.717, 1.165) is 31.9 Å². The van der Waals surface area contributed by atoms with Gasteiger partial charge in [-0.3, -0.25) is 19.9 Å². The lowest BCUT2D eigenvalue weighted by Crippen LogP contribution is -2.27. The van der Waals surface area contributed by atoms with Gasteiger partial charge < -0.3 is 15.2 Å². The van der Waals surface area contributed by atoms with Crippen molar-refractivity contribution in [1.82, 2.24) is 9.80 Å². The third kappa shape index (κ3) is 4.78. The fraction of sp³-hybridized carbons (Fsp3) is 0.600. The van der Waals surface area contributed by atoms with E-state index in [1.807, 2.05) is 0 Å². The zero-order valence-corrected chi connectivity index (χ0v) is 13.6. The number of nitro benzene ring substituents is 1. The van der Waals surface area contributed by atoms with Crippen LogP contribution in [0.1, 0.15) is 5.56 Å². The fourth-order valence-corrected chi connectivity index (χ4v) is 2.57. The molecule has 1 saturated heterocycles. The number of aryl methyl sites for hydroxylation is 1. The van der Waals surface area contributed by atoms with E-state index in [0.29, 0.717) is 18.0 Å². The first kappa shape index (κ1) is 17.5. The topological polar surface area (TPSA) is 91.1 Å². The average Bonchev–Trinajstić information content (AvgIpc) is 2.92. The number of aliphatic hydroxyl groups excluding tert-OH is 1. The lowest BCUT2D eigenvalue weighted by molar-refractivity contribution is -0.384. The van der Waals surface area contributed by atoms with Gasteiger partial charge in [-0.05, 0) is 19.5 Å². The number of likely N-dealkylation sites (N-methyl/N-ethyl adjacent to an activating group) is 1. The summed E-state index contributed by atoms with van der Waals surface area (Å²) in [7, 11) is 2.08. The smallest absolute Gasteiger partial charge is 0.292 e. The summed E-state index contributed by atoms with van der Waals surface area (Å²) in [6.45, 7) is 6.33. The minimum Gasteiger partial charge on any atom is -0.492 e. The van der Waals surface area contributed by atoms with Crippen LogP contribution in [0.25, 0.3) is 0 Å². The Balaban J connectivity index is 2.01. The molecular weight excluding hydrogens is 300 g/mol. The van der Waals surface area contributed by atoms with Gasteiger partial charge in [-0.1, -0.05) is 0 Å². The Morgan fingerprint density at radius 1 is 1.43 bits per heavy atom. The summed E-state index contributed by atoms with van der Waals surface area (Å²) in [5.41, 5.74) is 1.08. The molecule has 2 rings (SSSR count). The second-order valence-corrected chi connectivity index (χ2v) is 5.73. The zero-order valence-electron chi connectivity index (χ0n) is 13.6. The summed E-state index contributed by atoms with van der Waals surface area (Å²) < 4.78 is 5.80. The maximum atomic E-state index is 11.1. The third-order valence-corrected chi connectivity index (χ3v) is 3.82. The van der Waals surface area contributed by atoms with E-state index in [4.69, 9.17) is 9.84 Å². The Labute approximate surface area is 135 Å². The SMILES string of the molecule is Cc1cc([N+](=O)[O-])c(NCCO)cc1OCCN1CCN(C)C1. The number of ether oxygens (including phenoxy) is 1. The van der Waals surface area contributed by atoms with Gasteiger partial charge in [-0.2, -0.15) is 0 Å². The monoisotopic (exact) mass is 324 g/mol. The van der Waals surface area contributed by atoms with E-state index in [9.17, 15) is 10.1 Å². The van der Waals surface area contributed by atoms with Crippen molar-refractivity contribution in [2.45, 2.75) is 6.92 Å². The minimum atomic E-state index is -0.434. The van der Waals surface area contributed by atoms with Crippen molar-refractivity contribution in [3.05, 3.63) is 27.8 Å². The van der Waals surface area contributed by atoms with Crippen LogP contribution in [0.15, 0.2) is 12.1 Å². The van der Waals surface area contributed by atoms with Gasteiger partial charge in [0.15, 0.2) is 0 Å². The molecule has 23 heavy (non-hydrogen) atoms. The van der Waals surface area contributed by atoms with Crippen LogP contribution in [0.3, 0.4) is 0 Å². The van der Waals surface area contributed by atoms with Crippen LogP contribution in [0.5, 0.6) is 5.75 Å². The highest BCUT2D eigenvalue weighted by molar-refractivity contribution is 5.66.